The van der Waals surface area contributed by atoms with Gasteiger partial charge in [0.15, 0.2) is 0 Å². The summed E-state index contributed by atoms with van der Waals surface area (Å²) in [5.41, 5.74) is 8.78. The van der Waals surface area contributed by atoms with Crippen LogP contribution in [0.25, 0.3) is 21.9 Å². The predicted octanol–water partition coefficient (Wildman–Crippen LogP) is 5.81. The Hall–Kier alpha value is -3.98. The smallest absolute Gasteiger partial charge is 0.306 e. The average Bonchev–Trinajstić information content (AvgIpc) is 3.55. The molecule has 0 saturated heterocycles. The molecule has 3 heterocycles. The van der Waals surface area contributed by atoms with Gasteiger partial charge in [-0.15, -0.1) is 5.10 Å². The molecule has 1 unspecified atom stereocenters. The van der Waals surface area contributed by atoms with Crippen LogP contribution in [0.3, 0.4) is 0 Å². The SMILES string of the molecule is CCOC(=O)CC(c1ccc2c(c1)CN(C(=O)c1ccc(Br)c3ccn(C)c13)CC2)c1ccc2c(nnn2C)c1C. The summed E-state index contributed by atoms with van der Waals surface area (Å²) >= 11 is 3.62. The fourth-order valence-corrected chi connectivity index (χ4v) is 6.57. The lowest BCUT2D eigenvalue weighted by atomic mass is 9.83. The molecule has 0 spiro atoms. The maximum atomic E-state index is 13.8. The molecule has 8 nitrogen and oxygen atoms in total. The Bertz CT molecular complexity index is 1820. The number of hydrogen-bond acceptors (Lipinski definition) is 5. The summed E-state index contributed by atoms with van der Waals surface area (Å²) in [4.78, 5) is 28.6. The number of carbonyl (C=O) groups is 2. The van der Waals surface area contributed by atoms with Crippen molar-refractivity contribution in [2.75, 3.05) is 13.2 Å². The maximum Gasteiger partial charge on any atom is 0.306 e. The highest BCUT2D eigenvalue weighted by atomic mass is 79.9. The standard InChI is InChI=1S/C32H32BrN5O3/c1-5-41-29(39)17-26(23-9-11-28-30(19(23)2)34-35-37(28)4)21-7-6-20-12-15-38(18-22(20)16-21)32(40)25-8-10-27(33)24-13-14-36(3)31(24)25/h6-11,13-14,16,26H,5,12,15,17-18H2,1-4H3. The van der Waals surface area contributed by atoms with Crippen molar-refractivity contribution in [2.45, 2.75) is 39.2 Å². The fraction of sp³-hybridized carbons (Fsp3) is 0.312. The third kappa shape index (κ3) is 4.82. The van der Waals surface area contributed by atoms with E-state index in [-0.39, 0.29) is 24.2 Å². The molecule has 1 aliphatic heterocycles. The van der Waals surface area contributed by atoms with Crippen LogP contribution in [0.15, 0.2) is 59.2 Å². The molecule has 1 aliphatic rings. The van der Waals surface area contributed by atoms with Gasteiger partial charge in [-0.1, -0.05) is 45.4 Å². The summed E-state index contributed by atoms with van der Waals surface area (Å²) < 4.78 is 10.1. The number of aryl methyl sites for hydroxylation is 3. The van der Waals surface area contributed by atoms with Crippen LogP contribution in [0.4, 0.5) is 0 Å². The predicted molar refractivity (Wildman–Crippen MR) is 162 cm³/mol. The monoisotopic (exact) mass is 613 g/mol. The summed E-state index contributed by atoms with van der Waals surface area (Å²) in [5.74, 6) is -0.439. The molecule has 0 radical (unpaired) electrons. The van der Waals surface area contributed by atoms with Gasteiger partial charge < -0.3 is 14.2 Å². The topological polar surface area (TPSA) is 82.2 Å². The van der Waals surface area contributed by atoms with E-state index in [0.29, 0.717) is 25.3 Å². The van der Waals surface area contributed by atoms with Crippen molar-refractivity contribution in [3.05, 3.63) is 92.6 Å². The van der Waals surface area contributed by atoms with Gasteiger partial charge in [-0.2, -0.15) is 0 Å². The van der Waals surface area contributed by atoms with Crippen LogP contribution >= 0.6 is 15.9 Å². The second-order valence-corrected chi connectivity index (χ2v) is 11.6. The molecule has 0 bridgehead atoms. The number of amides is 1. The molecule has 3 aromatic carbocycles. The number of esters is 1. The lowest BCUT2D eigenvalue weighted by Gasteiger charge is -2.30. The zero-order valence-corrected chi connectivity index (χ0v) is 25.2. The molecule has 210 valence electrons. The average molecular weight is 615 g/mol. The van der Waals surface area contributed by atoms with E-state index in [9.17, 15) is 9.59 Å². The number of ether oxygens (including phenoxy) is 1. The molecule has 0 N–H and O–H groups in total. The third-order valence-electron chi connectivity index (χ3n) is 8.27. The van der Waals surface area contributed by atoms with Crippen molar-refractivity contribution < 1.29 is 14.3 Å². The van der Waals surface area contributed by atoms with E-state index in [2.05, 4.69) is 50.5 Å². The molecular formula is C32H32BrN5O3. The molecule has 1 amide bonds. The Morgan fingerprint density at radius 1 is 1.07 bits per heavy atom. The van der Waals surface area contributed by atoms with Gasteiger partial charge in [-0.3, -0.25) is 9.59 Å². The number of benzene rings is 3. The largest absolute Gasteiger partial charge is 0.466 e. The minimum Gasteiger partial charge on any atom is -0.466 e. The van der Waals surface area contributed by atoms with Crippen LogP contribution in [0, 0.1) is 6.92 Å². The molecule has 9 heteroatoms. The summed E-state index contributed by atoms with van der Waals surface area (Å²) in [6.07, 6.45) is 2.97. The van der Waals surface area contributed by atoms with E-state index < -0.39 is 0 Å². The molecule has 6 rings (SSSR count). The second-order valence-electron chi connectivity index (χ2n) is 10.7. The Kier molecular flexibility index (Phi) is 7.15. The van der Waals surface area contributed by atoms with Crippen LogP contribution in [0.2, 0.25) is 0 Å². The molecule has 0 saturated carbocycles. The Morgan fingerprint density at radius 2 is 1.90 bits per heavy atom. The van der Waals surface area contributed by atoms with Gasteiger partial charge in [-0.25, -0.2) is 4.68 Å². The van der Waals surface area contributed by atoms with E-state index in [0.717, 1.165) is 55.1 Å². The summed E-state index contributed by atoms with van der Waals surface area (Å²) in [7, 11) is 3.84. The van der Waals surface area contributed by atoms with Gasteiger partial charge in [0.05, 0.1) is 29.6 Å². The first-order chi connectivity index (χ1) is 19.8. The lowest BCUT2D eigenvalue weighted by molar-refractivity contribution is -0.143. The fourth-order valence-electron chi connectivity index (χ4n) is 6.11. The third-order valence-corrected chi connectivity index (χ3v) is 8.97. The van der Waals surface area contributed by atoms with Gasteiger partial charge in [0.25, 0.3) is 5.91 Å². The Balaban J connectivity index is 1.36. The van der Waals surface area contributed by atoms with Gasteiger partial charge in [0, 0.05) is 49.2 Å². The van der Waals surface area contributed by atoms with Crippen molar-refractivity contribution in [1.82, 2.24) is 24.5 Å². The van der Waals surface area contributed by atoms with Crippen molar-refractivity contribution in [3.8, 4) is 0 Å². The highest BCUT2D eigenvalue weighted by molar-refractivity contribution is 9.10. The van der Waals surface area contributed by atoms with Crippen molar-refractivity contribution >= 4 is 49.7 Å². The first kappa shape index (κ1) is 27.2. The Labute approximate surface area is 247 Å². The summed E-state index contributed by atoms with van der Waals surface area (Å²) in [6, 6.07) is 16.4. The van der Waals surface area contributed by atoms with Crippen LogP contribution in [0.1, 0.15) is 57.4 Å². The Morgan fingerprint density at radius 3 is 2.71 bits per heavy atom. The zero-order chi connectivity index (χ0) is 28.8. The molecule has 0 aliphatic carbocycles. The maximum absolute atomic E-state index is 13.8. The van der Waals surface area contributed by atoms with Crippen molar-refractivity contribution in [1.29, 1.82) is 0 Å². The number of hydrogen-bond donors (Lipinski definition) is 0. The lowest BCUT2D eigenvalue weighted by Crippen LogP contribution is -2.36. The number of aromatic nitrogens is 4. The number of carbonyl (C=O) groups excluding carboxylic acids is 2. The van der Waals surface area contributed by atoms with Crippen LogP contribution in [-0.4, -0.2) is 49.5 Å². The molecule has 5 aromatic rings. The van der Waals surface area contributed by atoms with Crippen LogP contribution in [0.5, 0.6) is 0 Å². The highest BCUT2D eigenvalue weighted by Crippen LogP contribution is 2.36. The normalized spacial score (nSPS) is 13.9. The van der Waals surface area contributed by atoms with Gasteiger partial charge >= 0.3 is 5.97 Å². The highest BCUT2D eigenvalue weighted by Gasteiger charge is 2.27. The molecular weight excluding hydrogens is 582 g/mol. The molecule has 1 atom stereocenters. The van der Waals surface area contributed by atoms with E-state index >= 15 is 0 Å². The number of fused-ring (bicyclic) bond motifs is 3. The van der Waals surface area contributed by atoms with E-state index in [1.807, 2.05) is 67.9 Å². The second kappa shape index (κ2) is 10.8. The van der Waals surface area contributed by atoms with E-state index in [1.165, 1.54) is 5.56 Å². The molecule has 2 aromatic heterocycles. The van der Waals surface area contributed by atoms with Crippen molar-refractivity contribution in [2.24, 2.45) is 14.1 Å². The zero-order valence-electron chi connectivity index (χ0n) is 23.6. The number of rotatable bonds is 6. The summed E-state index contributed by atoms with van der Waals surface area (Å²) in [5, 5.41) is 9.59. The minimum absolute atomic E-state index is 0.0207. The molecule has 41 heavy (non-hydrogen) atoms. The first-order valence-electron chi connectivity index (χ1n) is 13.9. The van der Waals surface area contributed by atoms with Gasteiger partial charge in [0.2, 0.25) is 0 Å². The number of nitrogens with zero attached hydrogens (tertiary/aromatic N) is 5. The molecule has 0 fully saturated rings. The van der Waals surface area contributed by atoms with Crippen LogP contribution in [-0.2, 0) is 36.6 Å². The van der Waals surface area contributed by atoms with Gasteiger partial charge in [0.1, 0.15) is 5.52 Å². The van der Waals surface area contributed by atoms with E-state index in [4.69, 9.17) is 4.74 Å². The number of halogens is 1. The quantitative estimate of drug-likeness (QED) is 0.226. The minimum atomic E-state index is -0.243. The first-order valence-corrected chi connectivity index (χ1v) is 14.6. The van der Waals surface area contributed by atoms with Crippen molar-refractivity contribution in [3.63, 3.8) is 0 Å². The van der Waals surface area contributed by atoms with Gasteiger partial charge in [-0.05, 0) is 72.4 Å². The van der Waals surface area contributed by atoms with Crippen LogP contribution < -0.4 is 0 Å². The summed E-state index contributed by atoms with van der Waals surface area (Å²) in [6.45, 7) is 5.36. The van der Waals surface area contributed by atoms with E-state index in [1.54, 1.807) is 4.68 Å².